The summed E-state index contributed by atoms with van der Waals surface area (Å²) in [6.07, 6.45) is 1.75. The Bertz CT molecular complexity index is 897. The summed E-state index contributed by atoms with van der Waals surface area (Å²) in [7, 11) is 0. The minimum absolute atomic E-state index is 0.0609. The number of halogens is 2. The van der Waals surface area contributed by atoms with E-state index in [0.29, 0.717) is 29.9 Å². The molecule has 134 valence electrons. The van der Waals surface area contributed by atoms with Gasteiger partial charge in [-0.15, -0.1) is 0 Å². The predicted octanol–water partition coefficient (Wildman–Crippen LogP) is 4.72. The fraction of sp³-hybridized carbons (Fsp3) is 0.316. The molecule has 0 saturated carbocycles. The summed E-state index contributed by atoms with van der Waals surface area (Å²) >= 11 is 9.45. The summed E-state index contributed by atoms with van der Waals surface area (Å²) in [6, 6.07) is 9.51. The number of amides is 2. The number of aromatic nitrogens is 1. The standard InChI is InChI=1S/C19H18BrClN4O/c1-11(2)15-10-25-18(23-15)17-16(7-13(20)8-22-17)24(19(25)26)9-12-3-5-14(21)6-4-12/h3-8,11,15H,9-10H2,1-2H3. The van der Waals surface area contributed by atoms with Crippen LogP contribution in [0.2, 0.25) is 5.02 Å². The van der Waals surface area contributed by atoms with Crippen LogP contribution in [-0.4, -0.2) is 34.3 Å². The molecule has 0 aliphatic carbocycles. The molecule has 0 N–H and O–H groups in total. The maximum absolute atomic E-state index is 13.2. The summed E-state index contributed by atoms with van der Waals surface area (Å²) in [5.74, 6) is 1.05. The molecule has 2 aliphatic rings. The second-order valence-corrected chi connectivity index (χ2v) is 8.24. The van der Waals surface area contributed by atoms with Gasteiger partial charge in [0.25, 0.3) is 0 Å². The number of rotatable bonds is 3. The van der Waals surface area contributed by atoms with Crippen molar-refractivity contribution < 1.29 is 4.79 Å². The van der Waals surface area contributed by atoms with Gasteiger partial charge in [-0.25, -0.2) is 9.78 Å². The lowest BCUT2D eigenvalue weighted by atomic mass is 10.1. The molecule has 1 aromatic carbocycles. The average molecular weight is 434 g/mol. The van der Waals surface area contributed by atoms with Gasteiger partial charge in [0.15, 0.2) is 5.84 Å². The number of nitrogens with zero attached hydrogens (tertiary/aromatic N) is 4. The van der Waals surface area contributed by atoms with E-state index in [4.69, 9.17) is 16.6 Å². The highest BCUT2D eigenvalue weighted by molar-refractivity contribution is 9.10. The highest BCUT2D eigenvalue weighted by Crippen LogP contribution is 2.34. The number of urea groups is 1. The number of hydrogen-bond acceptors (Lipinski definition) is 3. The Morgan fingerprint density at radius 3 is 2.73 bits per heavy atom. The molecule has 1 unspecified atom stereocenters. The normalized spacial score (nSPS) is 18.9. The van der Waals surface area contributed by atoms with Gasteiger partial charge in [-0.3, -0.25) is 14.8 Å². The van der Waals surface area contributed by atoms with Crippen LogP contribution in [0.15, 0.2) is 46.0 Å². The number of carbonyl (C=O) groups is 1. The minimum atomic E-state index is -0.0609. The second kappa shape index (κ2) is 6.67. The molecule has 26 heavy (non-hydrogen) atoms. The molecule has 2 aromatic rings. The van der Waals surface area contributed by atoms with E-state index in [-0.39, 0.29) is 12.1 Å². The lowest BCUT2D eigenvalue weighted by Crippen LogP contribution is -2.50. The molecular weight excluding hydrogens is 416 g/mol. The summed E-state index contributed by atoms with van der Waals surface area (Å²) in [6.45, 7) is 5.30. The Labute approximate surface area is 165 Å². The van der Waals surface area contributed by atoms with Gasteiger partial charge in [0.1, 0.15) is 5.69 Å². The lowest BCUT2D eigenvalue weighted by Gasteiger charge is -2.35. The molecular formula is C19H18BrClN4O. The zero-order valence-corrected chi connectivity index (χ0v) is 16.8. The molecule has 1 aromatic heterocycles. The van der Waals surface area contributed by atoms with Gasteiger partial charge < -0.3 is 0 Å². The van der Waals surface area contributed by atoms with Crippen molar-refractivity contribution >= 4 is 45.1 Å². The van der Waals surface area contributed by atoms with Crippen molar-refractivity contribution in [1.82, 2.24) is 9.88 Å². The number of aliphatic imine (C=N–C) groups is 1. The van der Waals surface area contributed by atoms with Crippen LogP contribution >= 0.6 is 27.5 Å². The van der Waals surface area contributed by atoms with E-state index >= 15 is 0 Å². The summed E-state index contributed by atoms with van der Waals surface area (Å²) in [4.78, 5) is 26.1. The molecule has 4 rings (SSSR count). The van der Waals surface area contributed by atoms with Gasteiger partial charge in [-0.05, 0) is 45.6 Å². The third-order valence-corrected chi connectivity index (χ3v) is 5.42. The maximum Gasteiger partial charge on any atom is 0.330 e. The Morgan fingerprint density at radius 1 is 1.31 bits per heavy atom. The Balaban J connectivity index is 1.77. The average Bonchev–Trinajstić information content (AvgIpc) is 3.06. The van der Waals surface area contributed by atoms with Crippen molar-refractivity contribution in [1.29, 1.82) is 0 Å². The first-order valence-corrected chi connectivity index (χ1v) is 9.68. The van der Waals surface area contributed by atoms with Gasteiger partial charge in [0, 0.05) is 15.7 Å². The minimum Gasteiger partial charge on any atom is -0.287 e. The number of amidine groups is 1. The third kappa shape index (κ3) is 3.01. The van der Waals surface area contributed by atoms with Crippen molar-refractivity contribution in [3.8, 4) is 0 Å². The van der Waals surface area contributed by atoms with E-state index in [9.17, 15) is 4.79 Å². The molecule has 0 saturated heterocycles. The monoisotopic (exact) mass is 432 g/mol. The molecule has 0 spiro atoms. The van der Waals surface area contributed by atoms with Crippen LogP contribution in [0, 0.1) is 5.92 Å². The van der Waals surface area contributed by atoms with E-state index < -0.39 is 0 Å². The first kappa shape index (κ1) is 17.5. The Morgan fingerprint density at radius 2 is 2.04 bits per heavy atom. The first-order valence-electron chi connectivity index (χ1n) is 8.51. The van der Waals surface area contributed by atoms with Gasteiger partial charge in [-0.1, -0.05) is 37.6 Å². The van der Waals surface area contributed by atoms with Crippen LogP contribution in [0.3, 0.4) is 0 Å². The number of carbonyl (C=O) groups excluding carboxylic acids is 1. The molecule has 0 fully saturated rings. The fourth-order valence-corrected chi connectivity index (χ4v) is 3.68. The van der Waals surface area contributed by atoms with E-state index in [2.05, 4.69) is 34.8 Å². The number of fused-ring (bicyclic) bond motifs is 3. The maximum atomic E-state index is 13.2. The predicted molar refractivity (Wildman–Crippen MR) is 107 cm³/mol. The quantitative estimate of drug-likeness (QED) is 0.703. The molecule has 2 aliphatic heterocycles. The zero-order valence-electron chi connectivity index (χ0n) is 14.5. The van der Waals surface area contributed by atoms with Crippen LogP contribution in [0.1, 0.15) is 25.1 Å². The zero-order chi connectivity index (χ0) is 18.4. The highest BCUT2D eigenvalue weighted by atomic mass is 79.9. The van der Waals surface area contributed by atoms with Crippen LogP contribution < -0.4 is 4.90 Å². The van der Waals surface area contributed by atoms with Gasteiger partial charge >= 0.3 is 6.03 Å². The number of benzene rings is 1. The van der Waals surface area contributed by atoms with Crippen LogP contribution in [0.25, 0.3) is 0 Å². The Hall–Kier alpha value is -1.92. The van der Waals surface area contributed by atoms with E-state index in [1.165, 1.54) is 0 Å². The molecule has 7 heteroatoms. The number of pyridine rings is 1. The molecule has 0 bridgehead atoms. The number of hydrogen-bond donors (Lipinski definition) is 0. The number of anilines is 1. The Kier molecular flexibility index (Phi) is 4.49. The first-order chi connectivity index (χ1) is 12.4. The van der Waals surface area contributed by atoms with Gasteiger partial charge in [-0.2, -0.15) is 0 Å². The van der Waals surface area contributed by atoms with Crippen molar-refractivity contribution in [3.05, 3.63) is 57.3 Å². The van der Waals surface area contributed by atoms with Gasteiger partial charge in [0.05, 0.1) is 24.8 Å². The van der Waals surface area contributed by atoms with Crippen molar-refractivity contribution in [2.75, 3.05) is 11.4 Å². The largest absolute Gasteiger partial charge is 0.330 e. The summed E-state index contributed by atoms with van der Waals surface area (Å²) in [5.41, 5.74) is 2.54. The highest BCUT2D eigenvalue weighted by Gasteiger charge is 2.41. The smallest absolute Gasteiger partial charge is 0.287 e. The fourth-order valence-electron chi connectivity index (χ4n) is 3.24. The lowest BCUT2D eigenvalue weighted by molar-refractivity contribution is 0.225. The second-order valence-electron chi connectivity index (χ2n) is 6.89. The van der Waals surface area contributed by atoms with Crippen LogP contribution in [0.5, 0.6) is 0 Å². The molecule has 2 amide bonds. The van der Waals surface area contributed by atoms with E-state index in [1.807, 2.05) is 30.3 Å². The van der Waals surface area contributed by atoms with Crippen molar-refractivity contribution in [2.45, 2.75) is 26.4 Å². The van der Waals surface area contributed by atoms with Gasteiger partial charge in [0.2, 0.25) is 0 Å². The molecule has 5 nitrogen and oxygen atoms in total. The molecule has 1 atom stereocenters. The topological polar surface area (TPSA) is 48.8 Å². The van der Waals surface area contributed by atoms with E-state index in [1.54, 1.807) is 16.0 Å². The SMILES string of the molecule is CC(C)C1CN2C(=O)N(Cc3ccc(Cl)cc3)c3cc(Br)cnc3C2=N1. The summed E-state index contributed by atoms with van der Waals surface area (Å²) in [5, 5.41) is 0.678. The van der Waals surface area contributed by atoms with Crippen molar-refractivity contribution in [2.24, 2.45) is 10.9 Å². The van der Waals surface area contributed by atoms with Crippen molar-refractivity contribution in [3.63, 3.8) is 0 Å². The molecule has 3 heterocycles. The summed E-state index contributed by atoms with van der Waals surface area (Å²) < 4.78 is 0.831. The van der Waals surface area contributed by atoms with E-state index in [0.717, 1.165) is 21.4 Å². The molecule has 0 radical (unpaired) electrons. The third-order valence-electron chi connectivity index (χ3n) is 4.74. The van der Waals surface area contributed by atoms with Crippen LogP contribution in [-0.2, 0) is 6.54 Å². The van der Waals surface area contributed by atoms with Crippen LogP contribution in [0.4, 0.5) is 10.5 Å².